The van der Waals surface area contributed by atoms with Crippen LogP contribution in [-0.2, 0) is 0 Å². The molecule has 0 unspecified atom stereocenters. The van der Waals surface area contributed by atoms with Crippen LogP contribution in [0.15, 0.2) is 89.9 Å². The van der Waals surface area contributed by atoms with Crippen molar-refractivity contribution in [2.45, 2.75) is 13.0 Å². The number of hydrogen-bond donors (Lipinski definition) is 2. The van der Waals surface area contributed by atoms with Crippen LogP contribution in [0.3, 0.4) is 0 Å². The van der Waals surface area contributed by atoms with Crippen molar-refractivity contribution in [2.24, 2.45) is 0 Å². The fourth-order valence-corrected chi connectivity index (χ4v) is 4.18. The molecule has 0 aliphatic heterocycles. The lowest BCUT2D eigenvalue weighted by Crippen LogP contribution is -2.27. The predicted molar refractivity (Wildman–Crippen MR) is 136 cm³/mol. The number of nitrogens with two attached hydrogens (primary N) is 1. The number of nitrogens with one attached hydrogen (secondary N) is 1. The molecule has 0 amide bonds. The first-order chi connectivity index (χ1) is 16.5. The molecule has 1 atom stereocenters. The standard InChI is InChI=1S/C26H21ClN6O/c1-16(30-23-19(15-29-26(28)32-23)17-9-4-2-5-10-17)24-31-21-14-8-13-20(27)22(21)25(34)33(24)18-11-6-3-7-12-18/h2-16H,1H3,(H3,28,29,30,32)/t16-/m0/s1. The minimum atomic E-state index is -0.409. The Labute approximate surface area is 200 Å². The Morgan fingerprint density at radius 3 is 2.38 bits per heavy atom. The molecule has 0 saturated carbocycles. The van der Waals surface area contributed by atoms with E-state index in [2.05, 4.69) is 15.3 Å². The van der Waals surface area contributed by atoms with Gasteiger partial charge in [-0.2, -0.15) is 4.98 Å². The predicted octanol–water partition coefficient (Wildman–Crippen LogP) is 5.25. The van der Waals surface area contributed by atoms with Gasteiger partial charge in [-0.3, -0.25) is 9.36 Å². The van der Waals surface area contributed by atoms with Crippen LogP contribution in [-0.4, -0.2) is 19.5 Å². The maximum absolute atomic E-state index is 13.6. The second-order valence-electron chi connectivity index (χ2n) is 7.80. The highest BCUT2D eigenvalue weighted by Crippen LogP contribution is 2.30. The zero-order chi connectivity index (χ0) is 23.7. The summed E-state index contributed by atoms with van der Waals surface area (Å²) in [5.41, 5.74) is 8.62. The normalized spacial score (nSPS) is 11.9. The molecule has 3 aromatic carbocycles. The van der Waals surface area contributed by atoms with E-state index in [9.17, 15) is 4.79 Å². The van der Waals surface area contributed by atoms with Crippen LogP contribution < -0.4 is 16.6 Å². The van der Waals surface area contributed by atoms with Crippen molar-refractivity contribution < 1.29 is 0 Å². The molecule has 0 aliphatic rings. The van der Waals surface area contributed by atoms with Crippen LogP contribution in [0.25, 0.3) is 27.7 Å². The Bertz CT molecular complexity index is 1540. The highest BCUT2D eigenvalue weighted by atomic mass is 35.5. The molecule has 34 heavy (non-hydrogen) atoms. The zero-order valence-corrected chi connectivity index (χ0v) is 19.1. The van der Waals surface area contributed by atoms with Crippen LogP contribution in [0.2, 0.25) is 5.02 Å². The molecule has 5 rings (SSSR count). The first kappa shape index (κ1) is 21.6. The fourth-order valence-electron chi connectivity index (χ4n) is 3.93. The molecule has 0 spiro atoms. The van der Waals surface area contributed by atoms with E-state index >= 15 is 0 Å². The molecular weight excluding hydrogens is 448 g/mol. The maximum Gasteiger partial charge on any atom is 0.267 e. The van der Waals surface area contributed by atoms with Crippen molar-refractivity contribution >= 4 is 34.3 Å². The van der Waals surface area contributed by atoms with Gasteiger partial charge in [0.15, 0.2) is 0 Å². The molecular formula is C26H21ClN6O. The molecule has 8 heteroatoms. The summed E-state index contributed by atoms with van der Waals surface area (Å²) in [6.45, 7) is 1.92. The second kappa shape index (κ2) is 8.96. The van der Waals surface area contributed by atoms with E-state index in [1.807, 2.05) is 67.6 Å². The third-order valence-corrected chi connectivity index (χ3v) is 5.83. The number of anilines is 2. The van der Waals surface area contributed by atoms with E-state index in [4.69, 9.17) is 22.3 Å². The smallest absolute Gasteiger partial charge is 0.267 e. The van der Waals surface area contributed by atoms with E-state index in [-0.39, 0.29) is 11.5 Å². The van der Waals surface area contributed by atoms with Crippen LogP contribution in [0.5, 0.6) is 0 Å². The van der Waals surface area contributed by atoms with Gasteiger partial charge in [-0.05, 0) is 36.8 Å². The average Bonchev–Trinajstić information content (AvgIpc) is 2.85. The van der Waals surface area contributed by atoms with Crippen molar-refractivity contribution in [2.75, 3.05) is 11.1 Å². The average molecular weight is 469 g/mol. The van der Waals surface area contributed by atoms with Gasteiger partial charge >= 0.3 is 0 Å². The van der Waals surface area contributed by atoms with Crippen LogP contribution in [0, 0.1) is 0 Å². The third kappa shape index (κ3) is 3.97. The number of rotatable bonds is 5. The molecule has 0 saturated heterocycles. The summed E-state index contributed by atoms with van der Waals surface area (Å²) >= 11 is 6.39. The second-order valence-corrected chi connectivity index (χ2v) is 8.21. The summed E-state index contributed by atoms with van der Waals surface area (Å²) in [6, 6.07) is 24.0. The van der Waals surface area contributed by atoms with Gasteiger partial charge in [0.2, 0.25) is 5.95 Å². The van der Waals surface area contributed by atoms with E-state index in [1.165, 1.54) is 0 Å². The Morgan fingerprint density at radius 2 is 1.65 bits per heavy atom. The van der Waals surface area contributed by atoms with Crippen LogP contribution in [0.1, 0.15) is 18.8 Å². The minimum absolute atomic E-state index is 0.146. The Balaban J connectivity index is 1.68. The zero-order valence-electron chi connectivity index (χ0n) is 18.3. The molecule has 5 aromatic rings. The highest BCUT2D eigenvalue weighted by Gasteiger charge is 2.21. The number of hydrogen-bond acceptors (Lipinski definition) is 6. The lowest BCUT2D eigenvalue weighted by molar-refractivity contribution is 0.731. The lowest BCUT2D eigenvalue weighted by Gasteiger charge is -2.21. The Kier molecular flexibility index (Phi) is 5.69. The van der Waals surface area contributed by atoms with Gasteiger partial charge in [-0.15, -0.1) is 0 Å². The maximum atomic E-state index is 13.6. The first-order valence-electron chi connectivity index (χ1n) is 10.7. The van der Waals surface area contributed by atoms with Gasteiger partial charge in [-0.1, -0.05) is 66.2 Å². The van der Waals surface area contributed by atoms with E-state index in [0.29, 0.717) is 33.3 Å². The molecule has 7 nitrogen and oxygen atoms in total. The Hall–Kier alpha value is -4.23. The number of benzene rings is 3. The SMILES string of the molecule is C[C@H](Nc1nc(N)ncc1-c1ccccc1)c1nc2cccc(Cl)c2c(=O)n1-c1ccccc1. The first-order valence-corrected chi connectivity index (χ1v) is 11.1. The third-order valence-electron chi connectivity index (χ3n) is 5.52. The number of halogens is 1. The van der Waals surface area contributed by atoms with Gasteiger partial charge in [0.1, 0.15) is 11.6 Å². The van der Waals surface area contributed by atoms with Crippen molar-refractivity contribution in [3.05, 3.63) is 106 Å². The molecule has 2 heterocycles. The fraction of sp³-hybridized carbons (Fsp3) is 0.0769. The molecule has 0 aliphatic carbocycles. The largest absolute Gasteiger partial charge is 0.368 e. The van der Waals surface area contributed by atoms with Crippen molar-refractivity contribution in [3.8, 4) is 16.8 Å². The van der Waals surface area contributed by atoms with Crippen molar-refractivity contribution in [3.63, 3.8) is 0 Å². The topological polar surface area (TPSA) is 98.7 Å². The molecule has 0 radical (unpaired) electrons. The summed E-state index contributed by atoms with van der Waals surface area (Å²) in [6.07, 6.45) is 1.69. The summed E-state index contributed by atoms with van der Waals surface area (Å²) in [7, 11) is 0. The Morgan fingerprint density at radius 1 is 0.941 bits per heavy atom. The van der Waals surface area contributed by atoms with Gasteiger partial charge in [0.25, 0.3) is 5.56 Å². The van der Waals surface area contributed by atoms with Crippen molar-refractivity contribution in [1.29, 1.82) is 0 Å². The minimum Gasteiger partial charge on any atom is -0.368 e. The van der Waals surface area contributed by atoms with Gasteiger partial charge < -0.3 is 11.1 Å². The highest BCUT2D eigenvalue weighted by molar-refractivity contribution is 6.35. The molecule has 168 valence electrons. The van der Waals surface area contributed by atoms with E-state index < -0.39 is 6.04 Å². The number of fused-ring (bicyclic) bond motifs is 1. The van der Waals surface area contributed by atoms with Gasteiger partial charge in [0.05, 0.1) is 27.7 Å². The lowest BCUT2D eigenvalue weighted by atomic mass is 10.1. The van der Waals surface area contributed by atoms with Crippen LogP contribution >= 0.6 is 11.6 Å². The summed E-state index contributed by atoms with van der Waals surface area (Å²) < 4.78 is 1.58. The van der Waals surface area contributed by atoms with Gasteiger partial charge in [0, 0.05) is 11.8 Å². The molecule has 0 fully saturated rings. The molecule has 3 N–H and O–H groups in total. The number of para-hydroxylation sites is 1. The van der Waals surface area contributed by atoms with Crippen LogP contribution in [0.4, 0.5) is 11.8 Å². The quantitative estimate of drug-likeness (QED) is 0.365. The summed E-state index contributed by atoms with van der Waals surface area (Å²) in [5.74, 6) is 1.21. The number of nitrogens with zero attached hydrogens (tertiary/aromatic N) is 4. The summed E-state index contributed by atoms with van der Waals surface area (Å²) in [5, 5.41) is 4.13. The molecule has 0 bridgehead atoms. The van der Waals surface area contributed by atoms with E-state index in [1.54, 1.807) is 29.0 Å². The monoisotopic (exact) mass is 468 g/mol. The van der Waals surface area contributed by atoms with E-state index in [0.717, 1.165) is 11.1 Å². The summed E-state index contributed by atoms with van der Waals surface area (Å²) in [4.78, 5) is 27.1. The van der Waals surface area contributed by atoms with Gasteiger partial charge in [-0.25, -0.2) is 9.97 Å². The van der Waals surface area contributed by atoms with Crippen molar-refractivity contribution in [1.82, 2.24) is 19.5 Å². The number of aromatic nitrogens is 4. The number of nitrogen functional groups attached to an aromatic ring is 1. The molecule has 2 aromatic heterocycles.